The van der Waals surface area contributed by atoms with Crippen molar-refractivity contribution in [2.45, 2.75) is 25.1 Å². The number of ether oxygens (including phenoxy) is 2. The molecule has 1 aromatic heterocycles. The standard InChI is InChI=1S/C20H20F3N5O4S/c1-31-8-12(19(24)30)25-11-3-2-10-17(16(11)21)32-5-4-27-6-14(26-20(10)27)28-13(18(22)23)9-33-15(28)7-29/h2-3,6,12-13,18,25H,4-5,8-9H2,1H3,(H2,24,30)/t12-,13-/m0/s1. The van der Waals surface area contributed by atoms with E-state index in [1.807, 2.05) is 0 Å². The molecule has 176 valence electrons. The largest absolute Gasteiger partial charge is 0.488 e. The molecule has 2 aromatic rings. The van der Waals surface area contributed by atoms with Crippen molar-refractivity contribution in [3.05, 3.63) is 29.2 Å². The second-order valence-electron chi connectivity index (χ2n) is 7.31. The zero-order chi connectivity index (χ0) is 23.7. The number of aromatic nitrogens is 2. The van der Waals surface area contributed by atoms with Crippen LogP contribution in [0.4, 0.5) is 24.7 Å². The number of benzene rings is 1. The number of hydrogen-bond donors (Lipinski definition) is 2. The fourth-order valence-electron chi connectivity index (χ4n) is 3.68. The molecule has 2 atom stereocenters. The summed E-state index contributed by atoms with van der Waals surface area (Å²) in [5, 5.41) is 2.72. The lowest BCUT2D eigenvalue weighted by Crippen LogP contribution is -2.39. The number of amides is 1. The Balaban J connectivity index is 1.73. The highest BCUT2D eigenvalue weighted by Crippen LogP contribution is 2.42. The predicted octanol–water partition coefficient (Wildman–Crippen LogP) is 1.85. The van der Waals surface area contributed by atoms with E-state index in [-0.39, 0.29) is 47.8 Å². The number of carbonyl (C=O) groups excluding carboxylic acids is 2. The summed E-state index contributed by atoms with van der Waals surface area (Å²) in [5.74, 6) is 0.567. The van der Waals surface area contributed by atoms with Crippen LogP contribution in [0.3, 0.4) is 0 Å². The Morgan fingerprint density at radius 1 is 1.48 bits per heavy atom. The lowest BCUT2D eigenvalue weighted by Gasteiger charge is -2.22. The summed E-state index contributed by atoms with van der Waals surface area (Å²) in [4.78, 5) is 28.5. The predicted molar refractivity (Wildman–Crippen MR) is 116 cm³/mol. The number of thioether (sulfide) groups is 1. The number of rotatable bonds is 7. The number of carbonyl (C=O) groups is 1. The third-order valence-corrected chi connectivity index (χ3v) is 6.31. The molecule has 0 unspecified atom stereocenters. The topological polar surface area (TPSA) is 112 Å². The minimum Gasteiger partial charge on any atom is -0.488 e. The van der Waals surface area contributed by atoms with Gasteiger partial charge >= 0.3 is 0 Å². The third kappa shape index (κ3) is 4.26. The molecule has 3 heterocycles. The second-order valence-corrected chi connectivity index (χ2v) is 8.32. The highest BCUT2D eigenvalue weighted by molar-refractivity contribution is 8.03. The van der Waals surface area contributed by atoms with Gasteiger partial charge in [0.2, 0.25) is 5.91 Å². The van der Waals surface area contributed by atoms with Gasteiger partial charge in [0.15, 0.2) is 28.4 Å². The molecule has 1 aromatic carbocycles. The van der Waals surface area contributed by atoms with Crippen LogP contribution in [0.1, 0.15) is 0 Å². The van der Waals surface area contributed by atoms with Crippen molar-refractivity contribution in [1.82, 2.24) is 9.55 Å². The van der Waals surface area contributed by atoms with Gasteiger partial charge in [0.25, 0.3) is 6.43 Å². The van der Waals surface area contributed by atoms with Crippen LogP contribution in [0, 0.1) is 5.82 Å². The van der Waals surface area contributed by atoms with E-state index in [1.54, 1.807) is 16.6 Å². The van der Waals surface area contributed by atoms with E-state index in [4.69, 9.17) is 15.2 Å². The summed E-state index contributed by atoms with van der Waals surface area (Å²) >= 11 is 0.982. The number of nitrogens with two attached hydrogens (primary N) is 1. The van der Waals surface area contributed by atoms with Crippen LogP contribution in [0.2, 0.25) is 0 Å². The molecule has 0 spiro atoms. The summed E-state index contributed by atoms with van der Waals surface area (Å²) in [7, 11) is 1.38. The maximum atomic E-state index is 15.3. The molecule has 1 amide bonds. The van der Waals surface area contributed by atoms with Crippen LogP contribution in [0.5, 0.6) is 5.75 Å². The van der Waals surface area contributed by atoms with E-state index < -0.39 is 30.2 Å². The highest BCUT2D eigenvalue weighted by atomic mass is 32.2. The monoisotopic (exact) mass is 483 g/mol. The molecule has 3 N–H and O–H groups in total. The summed E-state index contributed by atoms with van der Waals surface area (Å²) in [5.41, 5.74) is 5.60. The quantitative estimate of drug-likeness (QED) is 0.574. The summed E-state index contributed by atoms with van der Waals surface area (Å²) < 4.78 is 54.6. The Hall–Kier alpha value is -3.15. The van der Waals surface area contributed by atoms with Crippen molar-refractivity contribution >= 4 is 35.1 Å². The first-order valence-electron chi connectivity index (χ1n) is 9.88. The SMILES string of the molecule is COC[C@H](Nc1ccc2c(c1F)OCCn1cc(N3C(=C=O)SC[C@H]3C(F)F)nc1-2)C(N)=O. The molecule has 9 nitrogen and oxygen atoms in total. The fourth-order valence-corrected chi connectivity index (χ4v) is 4.73. The average Bonchev–Trinajstić information content (AvgIpc) is 3.35. The van der Waals surface area contributed by atoms with E-state index >= 15 is 4.39 Å². The first-order valence-corrected chi connectivity index (χ1v) is 10.9. The lowest BCUT2D eigenvalue weighted by molar-refractivity contribution is -0.119. The van der Waals surface area contributed by atoms with Crippen molar-refractivity contribution in [1.29, 1.82) is 0 Å². The first kappa shape index (κ1) is 23.0. The number of imidazole rings is 1. The number of alkyl halides is 2. The Kier molecular flexibility index (Phi) is 6.54. The second kappa shape index (κ2) is 9.38. The van der Waals surface area contributed by atoms with E-state index in [0.717, 1.165) is 11.8 Å². The summed E-state index contributed by atoms with van der Waals surface area (Å²) in [6.07, 6.45) is -1.17. The van der Waals surface area contributed by atoms with Gasteiger partial charge in [-0.05, 0) is 12.1 Å². The smallest absolute Gasteiger partial charge is 0.259 e. The number of methoxy groups -OCH3 is 1. The lowest BCUT2D eigenvalue weighted by atomic mass is 10.1. The number of hydrogen-bond acceptors (Lipinski definition) is 8. The molecule has 2 aliphatic rings. The van der Waals surface area contributed by atoms with Crippen LogP contribution < -0.4 is 20.7 Å². The van der Waals surface area contributed by atoms with Crippen LogP contribution in [0.25, 0.3) is 11.4 Å². The summed E-state index contributed by atoms with van der Waals surface area (Å²) in [6, 6.07) is 0.752. The minimum absolute atomic E-state index is 0.0188. The van der Waals surface area contributed by atoms with Gasteiger partial charge in [-0.15, -0.1) is 0 Å². The molecule has 1 saturated heterocycles. The third-order valence-electron chi connectivity index (χ3n) is 5.25. The van der Waals surface area contributed by atoms with E-state index in [0.29, 0.717) is 11.4 Å². The maximum Gasteiger partial charge on any atom is 0.259 e. The number of fused-ring (bicyclic) bond motifs is 3. The van der Waals surface area contributed by atoms with Gasteiger partial charge in [0.1, 0.15) is 24.5 Å². The highest BCUT2D eigenvalue weighted by Gasteiger charge is 2.39. The Bertz CT molecular complexity index is 1120. The van der Waals surface area contributed by atoms with Crippen LogP contribution in [0.15, 0.2) is 23.4 Å². The van der Waals surface area contributed by atoms with Gasteiger partial charge in [-0.25, -0.2) is 22.9 Å². The molecule has 1 fully saturated rings. The Labute approximate surface area is 190 Å². The van der Waals surface area contributed by atoms with Crippen molar-refractivity contribution in [3.63, 3.8) is 0 Å². The molecular weight excluding hydrogens is 463 g/mol. The number of halogens is 3. The molecule has 0 saturated carbocycles. The Morgan fingerprint density at radius 2 is 2.27 bits per heavy atom. The summed E-state index contributed by atoms with van der Waals surface area (Å²) in [6.45, 7) is 0.288. The molecule has 33 heavy (non-hydrogen) atoms. The first-order chi connectivity index (χ1) is 15.8. The number of nitrogens with one attached hydrogen (secondary N) is 1. The molecule has 2 aliphatic heterocycles. The Morgan fingerprint density at radius 3 is 2.94 bits per heavy atom. The van der Waals surface area contributed by atoms with Gasteiger partial charge in [-0.3, -0.25) is 4.79 Å². The van der Waals surface area contributed by atoms with E-state index in [9.17, 15) is 18.4 Å². The van der Waals surface area contributed by atoms with Crippen molar-refractivity contribution in [2.75, 3.05) is 36.3 Å². The van der Waals surface area contributed by atoms with Crippen molar-refractivity contribution in [2.24, 2.45) is 5.73 Å². The van der Waals surface area contributed by atoms with Crippen LogP contribution in [-0.2, 0) is 20.9 Å². The zero-order valence-electron chi connectivity index (χ0n) is 17.4. The molecule has 0 radical (unpaired) electrons. The van der Waals surface area contributed by atoms with Crippen LogP contribution in [-0.4, -0.2) is 66.0 Å². The number of nitrogens with zero attached hydrogens (tertiary/aromatic N) is 3. The zero-order valence-corrected chi connectivity index (χ0v) is 18.2. The number of primary amides is 1. The van der Waals surface area contributed by atoms with Crippen LogP contribution >= 0.6 is 11.8 Å². The molecule has 0 aliphatic carbocycles. The van der Waals surface area contributed by atoms with E-state index in [2.05, 4.69) is 10.3 Å². The van der Waals surface area contributed by atoms with Gasteiger partial charge in [0, 0.05) is 19.1 Å². The average molecular weight is 483 g/mol. The molecule has 4 rings (SSSR count). The minimum atomic E-state index is -2.70. The van der Waals surface area contributed by atoms with Gasteiger partial charge in [-0.2, -0.15) is 0 Å². The van der Waals surface area contributed by atoms with Crippen molar-refractivity contribution in [3.8, 4) is 17.1 Å². The van der Waals surface area contributed by atoms with E-state index in [1.165, 1.54) is 24.3 Å². The maximum absolute atomic E-state index is 15.3. The molecule has 0 bridgehead atoms. The number of anilines is 2. The molecular formula is C20H20F3N5O4S. The van der Waals surface area contributed by atoms with Gasteiger partial charge < -0.3 is 30.0 Å². The fraction of sp³-hybridized carbons (Fsp3) is 0.400. The van der Waals surface area contributed by atoms with Gasteiger partial charge in [-0.1, -0.05) is 11.8 Å². The molecule has 13 heteroatoms. The van der Waals surface area contributed by atoms with Crippen molar-refractivity contribution < 1.29 is 32.2 Å². The van der Waals surface area contributed by atoms with Gasteiger partial charge in [0.05, 0.1) is 24.4 Å². The normalized spacial score (nSPS) is 18.3.